The maximum atomic E-state index is 12.9. The molecule has 8 heteroatoms. The number of amides is 1. The summed E-state index contributed by atoms with van der Waals surface area (Å²) in [6.45, 7) is 4.73. The maximum absolute atomic E-state index is 12.9. The molecule has 3 rings (SSSR count). The number of benzene rings is 1. The Labute approximate surface area is 181 Å². The van der Waals surface area contributed by atoms with E-state index >= 15 is 0 Å². The van der Waals surface area contributed by atoms with E-state index in [1.54, 1.807) is 23.8 Å². The Morgan fingerprint density at radius 2 is 1.97 bits per heavy atom. The van der Waals surface area contributed by atoms with Gasteiger partial charge < -0.3 is 19.3 Å². The molecule has 8 nitrogen and oxygen atoms in total. The molecule has 0 saturated heterocycles. The van der Waals surface area contributed by atoms with Gasteiger partial charge in [0.05, 0.1) is 0 Å². The predicted octanol–water partition coefficient (Wildman–Crippen LogP) is 2.23. The van der Waals surface area contributed by atoms with E-state index in [1.807, 2.05) is 56.3 Å². The van der Waals surface area contributed by atoms with E-state index < -0.39 is 5.91 Å². The summed E-state index contributed by atoms with van der Waals surface area (Å²) >= 11 is 0. The lowest BCUT2D eigenvalue weighted by atomic mass is 10.1. The molecule has 1 atom stereocenters. The van der Waals surface area contributed by atoms with E-state index in [9.17, 15) is 9.59 Å². The van der Waals surface area contributed by atoms with Gasteiger partial charge in [0.25, 0.3) is 11.5 Å². The third-order valence-electron chi connectivity index (χ3n) is 5.00. The topological polar surface area (TPSA) is 93.3 Å². The zero-order valence-electron chi connectivity index (χ0n) is 18.5. The number of carbonyl (C=O) groups is 1. The summed E-state index contributed by atoms with van der Waals surface area (Å²) in [6, 6.07) is 11.7. The van der Waals surface area contributed by atoms with Crippen LogP contribution in [0.2, 0.25) is 0 Å². The number of pyridine rings is 1. The van der Waals surface area contributed by atoms with E-state index in [0.717, 1.165) is 5.56 Å². The molecule has 1 N–H and O–H groups in total. The molecule has 0 spiro atoms. The summed E-state index contributed by atoms with van der Waals surface area (Å²) < 4.78 is 6.88. The Morgan fingerprint density at radius 3 is 2.68 bits per heavy atom. The Hall–Kier alpha value is -3.26. The second-order valence-corrected chi connectivity index (χ2v) is 7.97. The molecule has 164 valence electrons. The summed E-state index contributed by atoms with van der Waals surface area (Å²) in [6.07, 6.45) is 2.73. The van der Waals surface area contributed by atoms with Crippen LogP contribution in [0.5, 0.6) is 0 Å². The average molecular weight is 424 g/mol. The fourth-order valence-corrected chi connectivity index (χ4v) is 3.49. The van der Waals surface area contributed by atoms with Crippen LogP contribution in [0, 0.1) is 6.92 Å². The zero-order valence-corrected chi connectivity index (χ0v) is 18.5. The monoisotopic (exact) mass is 423 g/mol. The maximum Gasteiger partial charge on any atom is 0.263 e. The summed E-state index contributed by atoms with van der Waals surface area (Å²) in [4.78, 5) is 32.0. The first-order valence-corrected chi connectivity index (χ1v) is 10.3. The van der Waals surface area contributed by atoms with Gasteiger partial charge in [-0.3, -0.25) is 9.59 Å². The minimum Gasteiger partial charge on any atom is -0.351 e. The lowest BCUT2D eigenvalue weighted by Crippen LogP contribution is -2.37. The molecule has 0 saturated carbocycles. The number of rotatable bonds is 9. The van der Waals surface area contributed by atoms with E-state index in [1.165, 1.54) is 0 Å². The van der Waals surface area contributed by atoms with Crippen LogP contribution in [0.4, 0.5) is 0 Å². The normalized spacial score (nSPS) is 12.2. The Bertz CT molecular complexity index is 1070. The van der Waals surface area contributed by atoms with Crippen molar-refractivity contribution >= 4 is 5.91 Å². The third-order valence-corrected chi connectivity index (χ3v) is 5.00. The summed E-state index contributed by atoms with van der Waals surface area (Å²) in [5.74, 6) is 0.662. The van der Waals surface area contributed by atoms with E-state index in [4.69, 9.17) is 4.52 Å². The molecule has 0 aliphatic carbocycles. The molecule has 0 radical (unpaired) electrons. The fourth-order valence-electron chi connectivity index (χ4n) is 3.49. The molecule has 2 aromatic heterocycles. The first kappa shape index (κ1) is 22.4. The molecule has 0 aliphatic heterocycles. The van der Waals surface area contributed by atoms with Crippen molar-refractivity contribution in [2.45, 2.75) is 32.7 Å². The average Bonchev–Trinajstić information content (AvgIpc) is 3.15. The van der Waals surface area contributed by atoms with Crippen LogP contribution < -0.4 is 10.9 Å². The van der Waals surface area contributed by atoms with Crippen molar-refractivity contribution < 1.29 is 9.32 Å². The second-order valence-electron chi connectivity index (χ2n) is 7.97. The van der Waals surface area contributed by atoms with Crippen LogP contribution >= 0.6 is 0 Å². The van der Waals surface area contributed by atoms with Gasteiger partial charge in [0.15, 0.2) is 5.82 Å². The molecule has 3 aromatic rings. The lowest BCUT2D eigenvalue weighted by molar-refractivity contribution is 0.0950. The van der Waals surface area contributed by atoms with Crippen LogP contribution in [0.25, 0.3) is 0 Å². The van der Waals surface area contributed by atoms with Crippen molar-refractivity contribution in [3.05, 3.63) is 81.4 Å². The minimum absolute atomic E-state index is 0.0453. The number of carbonyl (C=O) groups excluding carboxylic acids is 1. The van der Waals surface area contributed by atoms with Gasteiger partial charge in [0, 0.05) is 38.2 Å². The third kappa shape index (κ3) is 5.88. The Kier molecular flexibility index (Phi) is 7.36. The number of nitrogens with zero attached hydrogens (tertiary/aromatic N) is 4. The number of hydrogen-bond donors (Lipinski definition) is 1. The molecule has 0 bridgehead atoms. The molecule has 0 fully saturated rings. The van der Waals surface area contributed by atoms with Crippen LogP contribution in [0.1, 0.15) is 46.2 Å². The Balaban J connectivity index is 1.60. The first-order chi connectivity index (χ1) is 14.8. The van der Waals surface area contributed by atoms with E-state index in [-0.39, 0.29) is 17.2 Å². The van der Waals surface area contributed by atoms with Crippen LogP contribution in [-0.4, -0.2) is 52.7 Å². The molecule has 31 heavy (non-hydrogen) atoms. The SMILES string of the molecule is Cc1ccn(C(C)CN(C)C)c(=O)c1C(=O)NCCc1nc(Cc2ccccc2)no1. The highest BCUT2D eigenvalue weighted by molar-refractivity contribution is 5.95. The molecular weight excluding hydrogens is 394 g/mol. The molecular formula is C23H29N5O3. The number of nitrogens with one attached hydrogen (secondary N) is 1. The predicted molar refractivity (Wildman–Crippen MR) is 118 cm³/mol. The van der Waals surface area contributed by atoms with Gasteiger partial charge in [-0.2, -0.15) is 4.98 Å². The molecule has 2 heterocycles. The Morgan fingerprint density at radius 1 is 1.23 bits per heavy atom. The van der Waals surface area contributed by atoms with Crippen LogP contribution in [0.3, 0.4) is 0 Å². The zero-order chi connectivity index (χ0) is 22.4. The van der Waals surface area contributed by atoms with Gasteiger partial charge in [-0.15, -0.1) is 0 Å². The highest BCUT2D eigenvalue weighted by Crippen LogP contribution is 2.09. The van der Waals surface area contributed by atoms with Crippen LogP contribution in [0.15, 0.2) is 51.9 Å². The van der Waals surface area contributed by atoms with Gasteiger partial charge in [-0.05, 0) is 45.1 Å². The van der Waals surface area contributed by atoms with Crippen molar-refractivity contribution in [2.24, 2.45) is 0 Å². The molecule has 1 unspecified atom stereocenters. The van der Waals surface area contributed by atoms with E-state index in [0.29, 0.717) is 43.2 Å². The highest BCUT2D eigenvalue weighted by Gasteiger charge is 2.18. The summed E-state index contributed by atoms with van der Waals surface area (Å²) in [5.41, 5.74) is 1.64. The van der Waals surface area contributed by atoms with Crippen molar-refractivity contribution in [2.75, 3.05) is 27.2 Å². The number of aryl methyl sites for hydroxylation is 1. The first-order valence-electron chi connectivity index (χ1n) is 10.3. The standard InChI is InChI=1S/C23H29N5O3/c1-16-11-13-28(17(2)15-27(3)4)23(30)21(16)22(29)24-12-10-20-25-19(26-31-20)14-18-8-6-5-7-9-18/h5-9,11,13,17H,10,12,14-15H2,1-4H3,(H,24,29). The van der Waals surface area contributed by atoms with Gasteiger partial charge in [-0.25, -0.2) is 0 Å². The fraction of sp³-hybridized carbons (Fsp3) is 0.391. The van der Waals surface area contributed by atoms with Gasteiger partial charge in [0.2, 0.25) is 5.89 Å². The van der Waals surface area contributed by atoms with Gasteiger partial charge >= 0.3 is 0 Å². The van der Waals surface area contributed by atoms with Crippen molar-refractivity contribution in [3.8, 4) is 0 Å². The quantitative estimate of drug-likeness (QED) is 0.567. The molecule has 1 amide bonds. The van der Waals surface area contributed by atoms with Crippen molar-refractivity contribution in [3.63, 3.8) is 0 Å². The van der Waals surface area contributed by atoms with Gasteiger partial charge in [0.1, 0.15) is 5.56 Å². The smallest absolute Gasteiger partial charge is 0.263 e. The number of aromatic nitrogens is 3. The lowest BCUT2D eigenvalue weighted by Gasteiger charge is -2.20. The highest BCUT2D eigenvalue weighted by atomic mass is 16.5. The van der Waals surface area contributed by atoms with Crippen molar-refractivity contribution in [1.82, 2.24) is 24.9 Å². The minimum atomic E-state index is -0.391. The summed E-state index contributed by atoms with van der Waals surface area (Å²) in [7, 11) is 3.90. The largest absolute Gasteiger partial charge is 0.351 e. The van der Waals surface area contributed by atoms with Gasteiger partial charge in [-0.1, -0.05) is 35.5 Å². The van der Waals surface area contributed by atoms with E-state index in [2.05, 4.69) is 15.5 Å². The van der Waals surface area contributed by atoms with Crippen LogP contribution in [-0.2, 0) is 12.8 Å². The molecule has 1 aromatic carbocycles. The number of hydrogen-bond acceptors (Lipinski definition) is 6. The second kappa shape index (κ2) is 10.2. The number of likely N-dealkylation sites (N-methyl/N-ethyl adjacent to an activating group) is 1. The molecule has 0 aliphatic rings. The van der Waals surface area contributed by atoms with Crippen molar-refractivity contribution in [1.29, 1.82) is 0 Å². The summed E-state index contributed by atoms with van der Waals surface area (Å²) in [5, 5.41) is 6.80.